The van der Waals surface area contributed by atoms with Gasteiger partial charge in [-0.2, -0.15) is 0 Å². The quantitative estimate of drug-likeness (QED) is 0.668. The van der Waals surface area contributed by atoms with Crippen molar-refractivity contribution in [3.8, 4) is 0 Å². The zero-order chi connectivity index (χ0) is 20.3. The van der Waals surface area contributed by atoms with E-state index in [1.165, 1.54) is 0 Å². The Morgan fingerprint density at radius 1 is 1.11 bits per heavy atom. The summed E-state index contributed by atoms with van der Waals surface area (Å²) >= 11 is 0. The molecule has 5 nitrogen and oxygen atoms in total. The second-order valence-corrected chi connectivity index (χ2v) is 7.73. The van der Waals surface area contributed by atoms with Crippen LogP contribution in [-0.4, -0.2) is 22.5 Å². The van der Waals surface area contributed by atoms with E-state index in [1.54, 1.807) is 11.0 Å². The van der Waals surface area contributed by atoms with Gasteiger partial charge >= 0.3 is 6.03 Å². The molecular formula is C23H27N3O2. The van der Waals surface area contributed by atoms with Crippen LogP contribution in [0, 0.1) is 19.8 Å². The summed E-state index contributed by atoms with van der Waals surface area (Å²) in [6.45, 7) is 9.11. The fourth-order valence-corrected chi connectivity index (χ4v) is 3.34. The molecule has 0 radical (unpaired) electrons. The molecule has 3 rings (SSSR count). The fraction of sp³-hybridized carbons (Fsp3) is 0.304. The third kappa shape index (κ3) is 4.60. The molecule has 1 heterocycles. The van der Waals surface area contributed by atoms with E-state index < -0.39 is 0 Å². The van der Waals surface area contributed by atoms with Gasteiger partial charge in [-0.3, -0.25) is 4.79 Å². The molecule has 2 amide bonds. The van der Waals surface area contributed by atoms with Gasteiger partial charge in [0.25, 0.3) is 0 Å². The summed E-state index contributed by atoms with van der Waals surface area (Å²) in [5, 5.41) is 3.99. The number of para-hydroxylation sites is 1. The van der Waals surface area contributed by atoms with E-state index in [-0.39, 0.29) is 11.6 Å². The maximum atomic E-state index is 13.1. The first kappa shape index (κ1) is 19.7. The second-order valence-electron chi connectivity index (χ2n) is 7.73. The van der Waals surface area contributed by atoms with Crippen molar-refractivity contribution in [3.63, 3.8) is 0 Å². The number of pyridine rings is 1. The highest BCUT2D eigenvalue weighted by Gasteiger charge is 2.18. The summed E-state index contributed by atoms with van der Waals surface area (Å²) in [5.41, 5.74) is 4.39. The van der Waals surface area contributed by atoms with E-state index in [1.807, 2.05) is 56.3 Å². The number of carbonyl (C=O) groups excluding carboxylic acids is 1. The first-order chi connectivity index (χ1) is 13.3. The van der Waals surface area contributed by atoms with Crippen LogP contribution in [0.5, 0.6) is 0 Å². The molecule has 0 saturated carbocycles. The number of carbonyl (C=O) groups is 1. The monoisotopic (exact) mass is 377 g/mol. The summed E-state index contributed by atoms with van der Waals surface area (Å²) in [7, 11) is 0. The lowest BCUT2D eigenvalue weighted by Crippen LogP contribution is -2.37. The molecule has 2 N–H and O–H groups in total. The van der Waals surface area contributed by atoms with Crippen LogP contribution in [0.1, 0.15) is 30.5 Å². The first-order valence-corrected chi connectivity index (χ1v) is 9.57. The molecule has 0 bridgehead atoms. The summed E-state index contributed by atoms with van der Waals surface area (Å²) in [4.78, 5) is 29.8. The number of rotatable bonds is 5. The van der Waals surface area contributed by atoms with Crippen LogP contribution in [-0.2, 0) is 6.54 Å². The Hall–Kier alpha value is -3.08. The number of aromatic nitrogens is 1. The maximum absolute atomic E-state index is 13.1. The van der Waals surface area contributed by atoms with Crippen molar-refractivity contribution in [1.29, 1.82) is 0 Å². The molecule has 28 heavy (non-hydrogen) atoms. The van der Waals surface area contributed by atoms with Crippen molar-refractivity contribution in [2.24, 2.45) is 5.92 Å². The van der Waals surface area contributed by atoms with Crippen molar-refractivity contribution < 1.29 is 4.79 Å². The highest BCUT2D eigenvalue weighted by atomic mass is 16.2. The molecular weight excluding hydrogens is 350 g/mol. The van der Waals surface area contributed by atoms with Crippen LogP contribution in [0.2, 0.25) is 0 Å². The minimum Gasteiger partial charge on any atom is -0.322 e. The molecule has 0 fully saturated rings. The third-order valence-corrected chi connectivity index (χ3v) is 4.70. The van der Waals surface area contributed by atoms with E-state index in [0.717, 1.165) is 33.3 Å². The number of hydrogen-bond acceptors (Lipinski definition) is 2. The Balaban J connectivity index is 1.92. The van der Waals surface area contributed by atoms with Crippen LogP contribution in [0.3, 0.4) is 0 Å². The lowest BCUT2D eigenvalue weighted by atomic mass is 10.1. The van der Waals surface area contributed by atoms with E-state index >= 15 is 0 Å². The molecule has 0 spiro atoms. The normalized spacial score (nSPS) is 11.0. The van der Waals surface area contributed by atoms with Gasteiger partial charge in [0, 0.05) is 35.7 Å². The molecule has 0 aliphatic carbocycles. The second kappa shape index (κ2) is 8.30. The number of fused-ring (bicyclic) bond motifs is 1. The number of aryl methyl sites for hydroxylation is 2. The van der Waals surface area contributed by atoms with Gasteiger partial charge in [-0.15, -0.1) is 0 Å². The number of benzene rings is 2. The zero-order valence-corrected chi connectivity index (χ0v) is 16.9. The van der Waals surface area contributed by atoms with Gasteiger partial charge in [0.15, 0.2) is 0 Å². The standard InChI is InChI=1S/C23H27N3O2/c1-15(2)13-26(23(28)25-21-11-16(3)9-10-17(21)4)14-18-12-22(27)24-20-8-6-5-7-19(18)20/h5-12,15H,13-14H2,1-4H3,(H,24,27)(H,25,28). The Bertz CT molecular complexity index is 1050. The average molecular weight is 377 g/mol. The number of hydrogen-bond donors (Lipinski definition) is 2. The van der Waals surface area contributed by atoms with Gasteiger partial charge < -0.3 is 15.2 Å². The van der Waals surface area contributed by atoms with Gasteiger partial charge in [-0.05, 0) is 48.6 Å². The van der Waals surface area contributed by atoms with E-state index in [9.17, 15) is 9.59 Å². The fourth-order valence-electron chi connectivity index (χ4n) is 3.34. The Morgan fingerprint density at radius 3 is 2.61 bits per heavy atom. The molecule has 0 aliphatic rings. The Morgan fingerprint density at radius 2 is 1.86 bits per heavy atom. The van der Waals surface area contributed by atoms with Gasteiger partial charge in [-0.1, -0.05) is 44.2 Å². The molecule has 0 unspecified atom stereocenters. The van der Waals surface area contributed by atoms with Crippen molar-refractivity contribution >= 4 is 22.6 Å². The lowest BCUT2D eigenvalue weighted by molar-refractivity contribution is 0.202. The SMILES string of the molecule is Cc1ccc(C)c(NC(=O)N(Cc2cc(=O)[nH]c3ccccc23)CC(C)C)c1. The van der Waals surface area contributed by atoms with Gasteiger partial charge in [0.05, 0.1) is 0 Å². The van der Waals surface area contributed by atoms with Crippen LogP contribution >= 0.6 is 0 Å². The van der Waals surface area contributed by atoms with Crippen LogP contribution < -0.4 is 10.9 Å². The number of nitrogens with zero attached hydrogens (tertiary/aromatic N) is 1. The van der Waals surface area contributed by atoms with Crippen molar-refractivity contribution in [2.45, 2.75) is 34.2 Å². The number of nitrogens with one attached hydrogen (secondary N) is 2. The van der Waals surface area contributed by atoms with E-state index in [2.05, 4.69) is 24.1 Å². The predicted molar refractivity (Wildman–Crippen MR) is 115 cm³/mol. The van der Waals surface area contributed by atoms with Crippen LogP contribution in [0.15, 0.2) is 53.3 Å². The van der Waals surface area contributed by atoms with E-state index in [0.29, 0.717) is 19.0 Å². The molecule has 3 aromatic rings. The van der Waals surface area contributed by atoms with Gasteiger partial charge in [0.1, 0.15) is 0 Å². The Kier molecular flexibility index (Phi) is 5.83. The molecule has 0 aliphatic heterocycles. The van der Waals surface area contributed by atoms with E-state index in [4.69, 9.17) is 0 Å². The zero-order valence-electron chi connectivity index (χ0n) is 16.9. The largest absolute Gasteiger partial charge is 0.322 e. The summed E-state index contributed by atoms with van der Waals surface area (Å²) < 4.78 is 0. The van der Waals surface area contributed by atoms with Crippen LogP contribution in [0.4, 0.5) is 10.5 Å². The summed E-state index contributed by atoms with van der Waals surface area (Å²) in [6.07, 6.45) is 0. The minimum atomic E-state index is -0.160. The molecule has 146 valence electrons. The smallest absolute Gasteiger partial charge is 0.322 e. The molecule has 2 aromatic carbocycles. The molecule has 1 aromatic heterocycles. The summed E-state index contributed by atoms with van der Waals surface area (Å²) in [5.74, 6) is 0.303. The number of H-pyrrole nitrogens is 1. The third-order valence-electron chi connectivity index (χ3n) is 4.70. The van der Waals surface area contributed by atoms with Crippen molar-refractivity contribution in [3.05, 3.63) is 75.6 Å². The molecule has 5 heteroatoms. The first-order valence-electron chi connectivity index (χ1n) is 9.57. The Labute approximate surface area is 165 Å². The number of amides is 2. The number of anilines is 1. The van der Waals surface area contributed by atoms with Gasteiger partial charge in [0.2, 0.25) is 5.56 Å². The highest BCUT2D eigenvalue weighted by Crippen LogP contribution is 2.20. The van der Waals surface area contributed by atoms with Crippen molar-refractivity contribution in [2.75, 3.05) is 11.9 Å². The van der Waals surface area contributed by atoms with Crippen molar-refractivity contribution in [1.82, 2.24) is 9.88 Å². The predicted octanol–water partition coefficient (Wildman–Crippen LogP) is 4.84. The number of urea groups is 1. The maximum Gasteiger partial charge on any atom is 0.322 e. The topological polar surface area (TPSA) is 65.2 Å². The van der Waals surface area contributed by atoms with Crippen LogP contribution in [0.25, 0.3) is 10.9 Å². The minimum absolute atomic E-state index is 0.159. The average Bonchev–Trinajstić information content (AvgIpc) is 2.63. The van der Waals surface area contributed by atoms with Gasteiger partial charge in [-0.25, -0.2) is 4.79 Å². The number of aromatic amines is 1. The lowest BCUT2D eigenvalue weighted by Gasteiger charge is -2.26. The highest BCUT2D eigenvalue weighted by molar-refractivity contribution is 5.91. The summed E-state index contributed by atoms with van der Waals surface area (Å²) in [6, 6.07) is 15.1. The molecule has 0 saturated heterocycles. The molecule has 0 atom stereocenters.